The van der Waals surface area contributed by atoms with E-state index in [2.05, 4.69) is 0 Å². The number of rotatable bonds is 3. The minimum Gasteiger partial charge on any atom is -0.466 e. The van der Waals surface area contributed by atoms with E-state index in [1.165, 1.54) is 4.90 Å². The van der Waals surface area contributed by atoms with Crippen LogP contribution in [-0.2, 0) is 14.3 Å². The summed E-state index contributed by atoms with van der Waals surface area (Å²) in [5.41, 5.74) is -0.593. The van der Waals surface area contributed by atoms with Gasteiger partial charge in [0.2, 0.25) is 0 Å². The zero-order valence-electron chi connectivity index (χ0n) is 12.6. The summed E-state index contributed by atoms with van der Waals surface area (Å²) >= 11 is 0. The molecule has 0 aromatic carbocycles. The van der Waals surface area contributed by atoms with Crippen LogP contribution in [0.2, 0.25) is 0 Å². The van der Waals surface area contributed by atoms with Crippen molar-refractivity contribution in [1.82, 2.24) is 4.90 Å². The van der Waals surface area contributed by atoms with Gasteiger partial charge < -0.3 is 14.4 Å². The molecule has 0 unspecified atom stereocenters. The summed E-state index contributed by atoms with van der Waals surface area (Å²) in [6.45, 7) is 7.70. The van der Waals surface area contributed by atoms with Gasteiger partial charge in [-0.05, 0) is 34.1 Å². The van der Waals surface area contributed by atoms with Crippen LogP contribution in [0.5, 0.6) is 0 Å². The molecule has 0 saturated carbocycles. The van der Waals surface area contributed by atoms with Crippen LogP contribution in [0.1, 0.15) is 40.5 Å². The van der Waals surface area contributed by atoms with Crippen LogP contribution >= 0.6 is 0 Å². The molecular formula is C14H24FNO4. The second kappa shape index (κ2) is 6.90. The largest absolute Gasteiger partial charge is 0.466 e. The fourth-order valence-corrected chi connectivity index (χ4v) is 2.11. The highest BCUT2D eigenvalue weighted by molar-refractivity contribution is 5.70. The number of ether oxygens (including phenoxy) is 2. The third-order valence-corrected chi connectivity index (χ3v) is 3.06. The molecule has 0 radical (unpaired) electrons. The molecule has 116 valence electrons. The third-order valence-electron chi connectivity index (χ3n) is 3.06. The second-order valence-corrected chi connectivity index (χ2v) is 6.00. The van der Waals surface area contributed by atoms with Gasteiger partial charge in [0.1, 0.15) is 11.8 Å². The lowest BCUT2D eigenvalue weighted by atomic mass is 9.92. The molecular weight excluding hydrogens is 265 g/mol. The third kappa shape index (κ3) is 5.35. The first-order chi connectivity index (χ1) is 9.23. The van der Waals surface area contributed by atoms with Crippen LogP contribution in [0, 0.1) is 5.92 Å². The highest BCUT2D eigenvalue weighted by Crippen LogP contribution is 2.25. The van der Waals surface area contributed by atoms with Gasteiger partial charge >= 0.3 is 12.1 Å². The molecule has 1 rings (SSSR count). The number of nitrogens with zero attached hydrogens (tertiary/aromatic N) is 1. The number of hydrogen-bond acceptors (Lipinski definition) is 4. The van der Waals surface area contributed by atoms with Crippen molar-refractivity contribution in [1.29, 1.82) is 0 Å². The lowest BCUT2D eigenvalue weighted by molar-refractivity contribution is -0.145. The first-order valence-corrected chi connectivity index (χ1v) is 7.00. The quantitative estimate of drug-likeness (QED) is 0.749. The van der Waals surface area contributed by atoms with E-state index in [0.717, 1.165) is 0 Å². The standard InChI is InChI=1S/C14H24FNO4/c1-5-19-12(17)8-10-6-7-16(9-11(10)15)13(18)20-14(2,3)4/h10-11H,5-9H2,1-4H3/t10-,11+/m1/s1. The molecule has 0 spiro atoms. The van der Waals surface area contributed by atoms with Crippen molar-refractivity contribution in [3.8, 4) is 0 Å². The number of hydrogen-bond donors (Lipinski definition) is 0. The minimum atomic E-state index is -1.22. The Morgan fingerprint density at radius 2 is 2.00 bits per heavy atom. The van der Waals surface area contributed by atoms with E-state index in [1.807, 2.05) is 0 Å². The highest BCUT2D eigenvalue weighted by Gasteiger charge is 2.34. The topological polar surface area (TPSA) is 55.8 Å². The number of alkyl halides is 1. The lowest BCUT2D eigenvalue weighted by Gasteiger charge is -2.35. The molecule has 0 aliphatic carbocycles. The van der Waals surface area contributed by atoms with E-state index in [0.29, 0.717) is 19.6 Å². The average Bonchev–Trinajstić information content (AvgIpc) is 2.29. The maximum absolute atomic E-state index is 14.0. The summed E-state index contributed by atoms with van der Waals surface area (Å²) in [6, 6.07) is 0. The molecule has 0 aromatic heterocycles. The van der Waals surface area contributed by atoms with Gasteiger partial charge in [0.15, 0.2) is 0 Å². The Kier molecular flexibility index (Phi) is 5.77. The van der Waals surface area contributed by atoms with E-state index < -0.39 is 17.9 Å². The van der Waals surface area contributed by atoms with Gasteiger partial charge in [0.25, 0.3) is 0 Å². The van der Waals surface area contributed by atoms with E-state index in [4.69, 9.17) is 9.47 Å². The minimum absolute atomic E-state index is 0.0288. The maximum atomic E-state index is 14.0. The lowest BCUT2D eigenvalue weighted by Crippen LogP contribution is -2.47. The molecule has 0 N–H and O–H groups in total. The number of carbonyl (C=O) groups is 2. The van der Waals surface area contributed by atoms with E-state index in [9.17, 15) is 14.0 Å². The summed E-state index contributed by atoms with van der Waals surface area (Å²) < 4.78 is 24.1. The summed E-state index contributed by atoms with van der Waals surface area (Å²) in [4.78, 5) is 24.6. The first-order valence-electron chi connectivity index (χ1n) is 7.00. The summed E-state index contributed by atoms with van der Waals surface area (Å²) in [6.07, 6.45) is -1.22. The van der Waals surface area contributed by atoms with E-state index >= 15 is 0 Å². The van der Waals surface area contributed by atoms with Crippen molar-refractivity contribution in [3.05, 3.63) is 0 Å². The number of halogens is 1. The monoisotopic (exact) mass is 289 g/mol. The smallest absolute Gasteiger partial charge is 0.410 e. The molecule has 1 heterocycles. The molecule has 1 aliphatic heterocycles. The van der Waals surface area contributed by atoms with E-state index in [1.54, 1.807) is 27.7 Å². The Balaban J connectivity index is 2.46. The van der Waals surface area contributed by atoms with Crippen LogP contribution in [0.3, 0.4) is 0 Å². The van der Waals surface area contributed by atoms with Gasteiger partial charge in [0.05, 0.1) is 19.6 Å². The zero-order valence-corrected chi connectivity index (χ0v) is 12.6. The predicted molar refractivity (Wildman–Crippen MR) is 72.1 cm³/mol. The molecule has 1 fully saturated rings. The van der Waals surface area contributed by atoms with Crippen LogP contribution in [0.25, 0.3) is 0 Å². The van der Waals surface area contributed by atoms with Gasteiger partial charge in [-0.3, -0.25) is 4.79 Å². The Morgan fingerprint density at radius 3 is 2.50 bits per heavy atom. The molecule has 0 aromatic rings. The molecule has 6 heteroatoms. The van der Waals surface area contributed by atoms with Crippen molar-refractivity contribution in [2.45, 2.75) is 52.3 Å². The zero-order chi connectivity index (χ0) is 15.3. The summed E-state index contributed by atoms with van der Waals surface area (Å²) in [7, 11) is 0. The maximum Gasteiger partial charge on any atom is 0.410 e. The van der Waals surface area contributed by atoms with Gasteiger partial charge in [0, 0.05) is 12.5 Å². The first kappa shape index (κ1) is 16.7. The molecule has 1 aliphatic rings. The number of amides is 1. The van der Waals surface area contributed by atoms with E-state index in [-0.39, 0.29) is 24.9 Å². The van der Waals surface area contributed by atoms with Gasteiger partial charge in [-0.25, -0.2) is 9.18 Å². The second-order valence-electron chi connectivity index (χ2n) is 6.00. The number of likely N-dealkylation sites (tertiary alicyclic amines) is 1. The Morgan fingerprint density at radius 1 is 1.35 bits per heavy atom. The molecule has 5 nitrogen and oxygen atoms in total. The van der Waals surface area contributed by atoms with Gasteiger partial charge in [-0.1, -0.05) is 0 Å². The van der Waals surface area contributed by atoms with Crippen LogP contribution in [-0.4, -0.2) is 48.4 Å². The SMILES string of the molecule is CCOC(=O)C[C@H]1CCN(C(=O)OC(C)(C)C)C[C@@H]1F. The van der Waals surface area contributed by atoms with Crippen LogP contribution < -0.4 is 0 Å². The Bertz CT molecular complexity index is 354. The predicted octanol–water partition coefficient (Wildman–Crippen LogP) is 2.53. The summed E-state index contributed by atoms with van der Waals surface area (Å²) in [5, 5.41) is 0. The average molecular weight is 289 g/mol. The summed E-state index contributed by atoms with van der Waals surface area (Å²) in [5.74, 6) is -0.765. The molecule has 0 bridgehead atoms. The fourth-order valence-electron chi connectivity index (χ4n) is 2.11. The highest BCUT2D eigenvalue weighted by atomic mass is 19.1. The normalized spacial score (nSPS) is 23.4. The van der Waals surface area contributed by atoms with Crippen molar-refractivity contribution in [2.75, 3.05) is 19.7 Å². The van der Waals surface area contributed by atoms with Gasteiger partial charge in [-0.2, -0.15) is 0 Å². The number of piperidine rings is 1. The molecule has 2 atom stereocenters. The Hall–Kier alpha value is -1.33. The molecule has 20 heavy (non-hydrogen) atoms. The van der Waals surface area contributed by atoms with Crippen molar-refractivity contribution < 1.29 is 23.5 Å². The van der Waals surface area contributed by atoms with Crippen molar-refractivity contribution in [2.24, 2.45) is 5.92 Å². The van der Waals surface area contributed by atoms with Crippen molar-refractivity contribution >= 4 is 12.1 Å². The number of carbonyl (C=O) groups excluding carboxylic acids is 2. The molecule has 1 saturated heterocycles. The fraction of sp³-hybridized carbons (Fsp3) is 0.857. The molecule has 1 amide bonds. The van der Waals surface area contributed by atoms with Crippen LogP contribution in [0.15, 0.2) is 0 Å². The van der Waals surface area contributed by atoms with Crippen molar-refractivity contribution in [3.63, 3.8) is 0 Å². The number of esters is 1. The van der Waals surface area contributed by atoms with Crippen LogP contribution in [0.4, 0.5) is 9.18 Å². The van der Waals surface area contributed by atoms with Gasteiger partial charge in [-0.15, -0.1) is 0 Å². The Labute approximate surface area is 119 Å².